The zero-order valence-electron chi connectivity index (χ0n) is 19.8. The molecule has 1 fully saturated rings. The molecule has 0 radical (unpaired) electrons. The molecule has 9 heteroatoms. The fraction of sp³-hybridized carbons (Fsp3) is 0.440. The van der Waals surface area contributed by atoms with Crippen LogP contribution in [-0.2, 0) is 26.2 Å². The summed E-state index contributed by atoms with van der Waals surface area (Å²) in [5.41, 5.74) is 1.86. The van der Waals surface area contributed by atoms with Crippen molar-refractivity contribution in [1.82, 2.24) is 10.2 Å². The number of rotatable bonds is 9. The highest BCUT2D eigenvalue weighted by molar-refractivity contribution is 7.92. The Labute approximate surface area is 201 Å². The van der Waals surface area contributed by atoms with Crippen molar-refractivity contribution < 1.29 is 22.4 Å². The lowest BCUT2D eigenvalue weighted by Gasteiger charge is -2.32. The van der Waals surface area contributed by atoms with Crippen LogP contribution < -0.4 is 9.62 Å². The molecule has 0 spiro atoms. The highest BCUT2D eigenvalue weighted by Crippen LogP contribution is 2.21. The Bertz CT molecular complexity index is 1130. The molecular formula is C25H32FN3O4S. The SMILES string of the molecule is Cc1ccccc1CN(C(=O)CN(c1cccc(F)c1)S(C)(=O)=O)[C@@H](C)C(=O)NC1CCCC1. The molecule has 34 heavy (non-hydrogen) atoms. The molecule has 0 unspecified atom stereocenters. The van der Waals surface area contributed by atoms with E-state index in [1.165, 1.54) is 23.1 Å². The normalized spacial score (nSPS) is 15.1. The van der Waals surface area contributed by atoms with Gasteiger partial charge in [-0.05, 0) is 56.0 Å². The van der Waals surface area contributed by atoms with Gasteiger partial charge in [-0.2, -0.15) is 0 Å². The summed E-state index contributed by atoms with van der Waals surface area (Å²) in [4.78, 5) is 27.9. The summed E-state index contributed by atoms with van der Waals surface area (Å²) in [5.74, 6) is -1.43. The van der Waals surface area contributed by atoms with Crippen LogP contribution in [0.25, 0.3) is 0 Å². The molecule has 0 saturated heterocycles. The third-order valence-electron chi connectivity index (χ3n) is 6.25. The van der Waals surface area contributed by atoms with Crippen LogP contribution in [0.4, 0.5) is 10.1 Å². The summed E-state index contributed by atoms with van der Waals surface area (Å²) in [6, 6.07) is 11.9. The van der Waals surface area contributed by atoms with Gasteiger partial charge >= 0.3 is 0 Å². The Hall–Kier alpha value is -2.94. The zero-order chi connectivity index (χ0) is 24.9. The van der Waals surface area contributed by atoms with Crippen LogP contribution >= 0.6 is 0 Å². The van der Waals surface area contributed by atoms with Crippen molar-refractivity contribution in [2.45, 2.75) is 58.2 Å². The smallest absolute Gasteiger partial charge is 0.244 e. The van der Waals surface area contributed by atoms with Crippen LogP contribution in [0, 0.1) is 12.7 Å². The van der Waals surface area contributed by atoms with E-state index >= 15 is 0 Å². The van der Waals surface area contributed by atoms with Crippen LogP contribution in [0.2, 0.25) is 0 Å². The predicted octanol–water partition coefficient (Wildman–Crippen LogP) is 3.38. The molecule has 3 rings (SSSR count). The van der Waals surface area contributed by atoms with E-state index in [0.29, 0.717) is 0 Å². The van der Waals surface area contributed by atoms with E-state index in [-0.39, 0.29) is 24.2 Å². The highest BCUT2D eigenvalue weighted by Gasteiger charge is 2.31. The van der Waals surface area contributed by atoms with E-state index in [9.17, 15) is 22.4 Å². The van der Waals surface area contributed by atoms with Gasteiger partial charge in [0.1, 0.15) is 18.4 Å². The third kappa shape index (κ3) is 6.56. The summed E-state index contributed by atoms with van der Waals surface area (Å²) in [6.45, 7) is 3.16. The van der Waals surface area contributed by atoms with E-state index < -0.39 is 34.3 Å². The molecule has 184 valence electrons. The molecule has 1 aliphatic carbocycles. The number of amides is 2. The predicted molar refractivity (Wildman–Crippen MR) is 130 cm³/mol. The standard InChI is InChI=1S/C25H32FN3O4S/c1-18-9-4-5-10-20(18)16-28(19(2)25(31)27-22-12-6-7-13-22)24(30)17-29(34(3,32)33)23-14-8-11-21(26)15-23/h4-5,8-11,14-15,19,22H,6-7,12-13,16-17H2,1-3H3,(H,27,31)/t19-/m0/s1. The number of aryl methyl sites for hydroxylation is 1. The monoisotopic (exact) mass is 489 g/mol. The molecule has 1 atom stereocenters. The van der Waals surface area contributed by atoms with Crippen LogP contribution in [0.5, 0.6) is 0 Å². The molecule has 0 aromatic heterocycles. The average molecular weight is 490 g/mol. The summed E-state index contributed by atoms with van der Waals surface area (Å²) < 4.78 is 39.7. The average Bonchev–Trinajstić information content (AvgIpc) is 3.28. The van der Waals surface area contributed by atoms with Crippen molar-refractivity contribution in [2.75, 3.05) is 17.1 Å². The molecule has 7 nitrogen and oxygen atoms in total. The molecule has 1 aliphatic rings. The zero-order valence-corrected chi connectivity index (χ0v) is 20.6. The second kappa shape index (κ2) is 11.0. The van der Waals surface area contributed by atoms with Crippen LogP contribution in [0.1, 0.15) is 43.7 Å². The van der Waals surface area contributed by atoms with E-state index in [1.54, 1.807) is 6.92 Å². The largest absolute Gasteiger partial charge is 0.352 e. The number of carbonyl (C=O) groups excluding carboxylic acids is 2. The maximum atomic E-state index is 13.8. The number of halogens is 1. The van der Waals surface area contributed by atoms with Crippen LogP contribution in [0.15, 0.2) is 48.5 Å². The fourth-order valence-corrected chi connectivity index (χ4v) is 5.03. The second-order valence-corrected chi connectivity index (χ2v) is 10.8. The maximum Gasteiger partial charge on any atom is 0.244 e. The molecule has 2 aromatic rings. The quantitative estimate of drug-likeness (QED) is 0.585. The molecule has 0 aliphatic heterocycles. The number of nitrogens with one attached hydrogen (secondary N) is 1. The lowest BCUT2D eigenvalue weighted by molar-refractivity contribution is -0.139. The Balaban J connectivity index is 1.89. The first kappa shape index (κ1) is 25.7. The minimum Gasteiger partial charge on any atom is -0.352 e. The van der Waals surface area contributed by atoms with Crippen molar-refractivity contribution in [3.05, 3.63) is 65.5 Å². The molecular weight excluding hydrogens is 457 g/mol. The number of nitrogens with zero attached hydrogens (tertiary/aromatic N) is 2. The van der Waals surface area contributed by atoms with E-state index in [1.807, 2.05) is 31.2 Å². The third-order valence-corrected chi connectivity index (χ3v) is 7.39. The van der Waals surface area contributed by atoms with E-state index in [0.717, 1.165) is 53.4 Å². The summed E-state index contributed by atoms with van der Waals surface area (Å²) >= 11 is 0. The Kier molecular flexibility index (Phi) is 8.30. The van der Waals surface area contributed by atoms with Crippen molar-refractivity contribution in [1.29, 1.82) is 0 Å². The van der Waals surface area contributed by atoms with Gasteiger partial charge in [0.05, 0.1) is 11.9 Å². The number of sulfonamides is 1. The van der Waals surface area contributed by atoms with Crippen LogP contribution in [-0.4, -0.2) is 50.0 Å². The van der Waals surface area contributed by atoms with Gasteiger partial charge in [0.25, 0.3) is 0 Å². The first-order valence-corrected chi connectivity index (χ1v) is 13.3. The van der Waals surface area contributed by atoms with Crippen molar-refractivity contribution in [3.8, 4) is 0 Å². The Morgan fingerprint density at radius 1 is 1.12 bits per heavy atom. The second-order valence-electron chi connectivity index (χ2n) is 8.86. The van der Waals surface area contributed by atoms with E-state index in [4.69, 9.17) is 0 Å². The lowest BCUT2D eigenvalue weighted by Crippen LogP contribution is -2.52. The number of benzene rings is 2. The fourth-order valence-electron chi connectivity index (χ4n) is 4.19. The van der Waals surface area contributed by atoms with E-state index in [2.05, 4.69) is 5.32 Å². The number of carbonyl (C=O) groups is 2. The van der Waals surface area contributed by atoms with Gasteiger partial charge in [-0.15, -0.1) is 0 Å². The molecule has 0 heterocycles. The number of hydrogen-bond acceptors (Lipinski definition) is 4. The van der Waals surface area contributed by atoms with Gasteiger partial charge < -0.3 is 10.2 Å². The summed E-state index contributed by atoms with van der Waals surface area (Å²) in [5, 5.41) is 3.02. The van der Waals surface area contributed by atoms with Gasteiger partial charge in [0.15, 0.2) is 0 Å². The summed E-state index contributed by atoms with van der Waals surface area (Å²) in [6.07, 6.45) is 4.90. The maximum absolute atomic E-state index is 13.8. The number of hydrogen-bond donors (Lipinski definition) is 1. The molecule has 2 amide bonds. The Morgan fingerprint density at radius 3 is 2.41 bits per heavy atom. The summed E-state index contributed by atoms with van der Waals surface area (Å²) in [7, 11) is -3.89. The lowest BCUT2D eigenvalue weighted by atomic mass is 10.1. The molecule has 2 aromatic carbocycles. The van der Waals surface area contributed by atoms with Gasteiger partial charge in [-0.25, -0.2) is 12.8 Å². The number of anilines is 1. The van der Waals surface area contributed by atoms with Gasteiger partial charge in [-0.3, -0.25) is 13.9 Å². The van der Waals surface area contributed by atoms with Crippen molar-refractivity contribution in [3.63, 3.8) is 0 Å². The van der Waals surface area contributed by atoms with Gasteiger partial charge in [-0.1, -0.05) is 43.2 Å². The van der Waals surface area contributed by atoms with Crippen molar-refractivity contribution >= 4 is 27.5 Å². The van der Waals surface area contributed by atoms with Gasteiger partial charge in [0, 0.05) is 12.6 Å². The minimum absolute atomic E-state index is 0.0507. The highest BCUT2D eigenvalue weighted by atomic mass is 32.2. The molecule has 1 saturated carbocycles. The van der Waals surface area contributed by atoms with Crippen molar-refractivity contribution in [2.24, 2.45) is 0 Å². The molecule has 0 bridgehead atoms. The van der Waals surface area contributed by atoms with Crippen LogP contribution in [0.3, 0.4) is 0 Å². The Morgan fingerprint density at radius 2 is 1.79 bits per heavy atom. The molecule has 1 N–H and O–H groups in total. The first-order valence-electron chi connectivity index (χ1n) is 11.4. The van der Waals surface area contributed by atoms with Gasteiger partial charge in [0.2, 0.25) is 21.8 Å². The topological polar surface area (TPSA) is 86.8 Å². The first-order chi connectivity index (χ1) is 16.1. The minimum atomic E-state index is -3.89.